The lowest BCUT2D eigenvalue weighted by Gasteiger charge is -2.12. The molecule has 2 heterocycles. The fourth-order valence-electron chi connectivity index (χ4n) is 3.02. The lowest BCUT2D eigenvalue weighted by Crippen LogP contribution is -2.17. The molecular formula is C21H16ClFN2OS. The molecule has 0 aliphatic rings. The summed E-state index contributed by atoms with van der Waals surface area (Å²) in [4.78, 5) is 12.9. The summed E-state index contributed by atoms with van der Waals surface area (Å²) < 4.78 is 16.5. The van der Waals surface area contributed by atoms with Gasteiger partial charge in [-0.25, -0.2) is 4.39 Å². The van der Waals surface area contributed by atoms with Crippen LogP contribution in [-0.4, -0.2) is 10.5 Å². The van der Waals surface area contributed by atoms with Gasteiger partial charge < -0.3 is 9.88 Å². The number of carbonyl (C=O) groups is 1. The number of rotatable bonds is 4. The monoisotopic (exact) mass is 398 g/mol. The molecule has 1 N–H and O–H groups in total. The van der Waals surface area contributed by atoms with Crippen LogP contribution in [-0.2, 0) is 6.54 Å². The molecule has 1 amide bonds. The van der Waals surface area contributed by atoms with Gasteiger partial charge in [0.15, 0.2) is 0 Å². The SMILES string of the molecule is Cc1ccc(NC(=O)c2cc3sccc3n2Cc2cccc(F)c2)cc1Cl. The van der Waals surface area contributed by atoms with Crippen LogP contribution in [0.5, 0.6) is 0 Å². The van der Waals surface area contributed by atoms with Crippen molar-refractivity contribution in [3.63, 3.8) is 0 Å². The molecule has 3 nitrogen and oxygen atoms in total. The van der Waals surface area contributed by atoms with Crippen molar-refractivity contribution in [1.82, 2.24) is 4.57 Å². The third-order valence-corrected chi connectivity index (χ3v) is 5.68. The molecule has 4 aromatic rings. The van der Waals surface area contributed by atoms with E-state index >= 15 is 0 Å². The molecule has 0 radical (unpaired) electrons. The summed E-state index contributed by atoms with van der Waals surface area (Å²) in [6, 6.07) is 15.7. The number of aryl methyl sites for hydroxylation is 1. The van der Waals surface area contributed by atoms with Gasteiger partial charge in [0.2, 0.25) is 0 Å². The summed E-state index contributed by atoms with van der Waals surface area (Å²) >= 11 is 7.72. The number of aromatic nitrogens is 1. The first-order valence-electron chi connectivity index (χ1n) is 8.40. The third-order valence-electron chi connectivity index (χ3n) is 4.41. The van der Waals surface area contributed by atoms with Crippen molar-refractivity contribution >= 4 is 44.7 Å². The zero-order valence-corrected chi connectivity index (χ0v) is 16.1. The molecule has 2 aromatic heterocycles. The molecule has 6 heteroatoms. The van der Waals surface area contributed by atoms with Crippen LogP contribution in [0, 0.1) is 12.7 Å². The molecule has 0 atom stereocenters. The Bertz CT molecular complexity index is 1150. The van der Waals surface area contributed by atoms with Crippen LogP contribution in [0.15, 0.2) is 60.0 Å². The Kier molecular flexibility index (Phi) is 4.72. The first-order chi connectivity index (χ1) is 13.0. The fourth-order valence-corrected chi connectivity index (χ4v) is 4.02. The molecular weight excluding hydrogens is 383 g/mol. The van der Waals surface area contributed by atoms with Gasteiger partial charge >= 0.3 is 0 Å². The summed E-state index contributed by atoms with van der Waals surface area (Å²) in [6.07, 6.45) is 0. The van der Waals surface area contributed by atoms with E-state index in [1.807, 2.05) is 47.2 Å². The van der Waals surface area contributed by atoms with E-state index in [1.54, 1.807) is 23.5 Å². The number of anilines is 1. The van der Waals surface area contributed by atoms with Gasteiger partial charge in [-0.3, -0.25) is 4.79 Å². The Hall–Kier alpha value is -2.63. The van der Waals surface area contributed by atoms with Gasteiger partial charge in [-0.2, -0.15) is 0 Å². The number of carbonyl (C=O) groups excluding carboxylic acids is 1. The summed E-state index contributed by atoms with van der Waals surface area (Å²) in [5.74, 6) is -0.517. The van der Waals surface area contributed by atoms with Crippen LogP contribution >= 0.6 is 22.9 Å². The zero-order chi connectivity index (χ0) is 19.0. The number of hydrogen-bond acceptors (Lipinski definition) is 2. The zero-order valence-electron chi connectivity index (χ0n) is 14.5. The average molecular weight is 399 g/mol. The highest BCUT2D eigenvalue weighted by Gasteiger charge is 2.17. The van der Waals surface area contributed by atoms with E-state index in [2.05, 4.69) is 5.32 Å². The number of hydrogen-bond donors (Lipinski definition) is 1. The minimum atomic E-state index is -0.290. The molecule has 0 saturated heterocycles. The molecule has 0 spiro atoms. The van der Waals surface area contributed by atoms with Crippen LogP contribution in [0.2, 0.25) is 5.02 Å². The Morgan fingerprint density at radius 1 is 1.19 bits per heavy atom. The normalized spacial score (nSPS) is 11.1. The van der Waals surface area contributed by atoms with Gasteiger partial charge in [0.05, 0.1) is 10.2 Å². The number of thiophene rings is 1. The van der Waals surface area contributed by atoms with Crippen LogP contribution in [0.1, 0.15) is 21.6 Å². The van der Waals surface area contributed by atoms with Crippen LogP contribution < -0.4 is 5.32 Å². The third kappa shape index (κ3) is 3.61. The van der Waals surface area contributed by atoms with E-state index in [1.165, 1.54) is 12.1 Å². The van der Waals surface area contributed by atoms with Gasteiger partial charge in [0.1, 0.15) is 11.5 Å². The second-order valence-electron chi connectivity index (χ2n) is 6.33. The standard InChI is InChI=1S/C21H16ClFN2OS/c1-13-5-6-16(10-17(13)22)24-21(26)19-11-20-18(7-8-27-20)25(19)12-14-3-2-4-15(23)9-14/h2-11H,12H2,1H3,(H,24,26). The van der Waals surface area contributed by atoms with Crippen LogP contribution in [0.4, 0.5) is 10.1 Å². The Labute approximate surface area is 165 Å². The Balaban J connectivity index is 1.69. The van der Waals surface area contributed by atoms with Gasteiger partial charge in [0.25, 0.3) is 5.91 Å². The number of nitrogens with zero attached hydrogens (tertiary/aromatic N) is 1. The van der Waals surface area contributed by atoms with Crippen LogP contribution in [0.3, 0.4) is 0 Å². The number of nitrogens with one attached hydrogen (secondary N) is 1. The summed E-state index contributed by atoms with van der Waals surface area (Å²) in [5.41, 5.74) is 3.86. The minimum Gasteiger partial charge on any atom is -0.331 e. The summed E-state index contributed by atoms with van der Waals surface area (Å²) in [7, 11) is 0. The fraction of sp³-hybridized carbons (Fsp3) is 0.0952. The van der Waals surface area contributed by atoms with Crippen molar-refractivity contribution in [3.8, 4) is 0 Å². The number of amides is 1. The number of fused-ring (bicyclic) bond motifs is 1. The predicted molar refractivity (Wildman–Crippen MR) is 109 cm³/mol. The molecule has 27 heavy (non-hydrogen) atoms. The quantitative estimate of drug-likeness (QED) is 0.442. The second-order valence-corrected chi connectivity index (χ2v) is 7.69. The molecule has 0 saturated carbocycles. The van der Waals surface area contributed by atoms with Crippen molar-refractivity contribution in [1.29, 1.82) is 0 Å². The molecule has 0 bridgehead atoms. The highest BCUT2D eigenvalue weighted by molar-refractivity contribution is 7.17. The largest absolute Gasteiger partial charge is 0.331 e. The van der Waals surface area contributed by atoms with E-state index in [0.717, 1.165) is 21.3 Å². The molecule has 0 aliphatic heterocycles. The molecule has 4 rings (SSSR count). The molecule has 0 fully saturated rings. The van der Waals surface area contributed by atoms with Crippen molar-refractivity contribution in [3.05, 3.63) is 87.6 Å². The average Bonchev–Trinajstić information content (AvgIpc) is 3.21. The van der Waals surface area contributed by atoms with Gasteiger partial charge in [-0.05, 0) is 59.8 Å². The first-order valence-corrected chi connectivity index (χ1v) is 9.66. The lowest BCUT2D eigenvalue weighted by atomic mass is 10.2. The van der Waals surface area contributed by atoms with Crippen molar-refractivity contribution in [2.45, 2.75) is 13.5 Å². The lowest BCUT2D eigenvalue weighted by molar-refractivity contribution is 0.101. The molecule has 2 aromatic carbocycles. The summed E-state index contributed by atoms with van der Waals surface area (Å²) in [6.45, 7) is 2.32. The predicted octanol–water partition coefficient (Wildman–Crippen LogP) is 6.10. The van der Waals surface area contributed by atoms with Gasteiger partial charge in [-0.15, -0.1) is 11.3 Å². The maximum absolute atomic E-state index is 13.6. The summed E-state index contributed by atoms with van der Waals surface area (Å²) in [5, 5.41) is 5.48. The maximum Gasteiger partial charge on any atom is 0.272 e. The van der Waals surface area contributed by atoms with E-state index in [-0.39, 0.29) is 11.7 Å². The van der Waals surface area contributed by atoms with Gasteiger partial charge in [-0.1, -0.05) is 29.8 Å². The van der Waals surface area contributed by atoms with Crippen molar-refractivity contribution in [2.24, 2.45) is 0 Å². The Morgan fingerprint density at radius 3 is 2.81 bits per heavy atom. The highest BCUT2D eigenvalue weighted by atomic mass is 35.5. The number of benzene rings is 2. The maximum atomic E-state index is 13.6. The van der Waals surface area contributed by atoms with E-state index < -0.39 is 0 Å². The molecule has 0 unspecified atom stereocenters. The van der Waals surface area contributed by atoms with Crippen molar-refractivity contribution < 1.29 is 9.18 Å². The smallest absolute Gasteiger partial charge is 0.272 e. The topological polar surface area (TPSA) is 34.0 Å². The van der Waals surface area contributed by atoms with E-state index in [4.69, 9.17) is 11.6 Å². The minimum absolute atomic E-state index is 0.227. The van der Waals surface area contributed by atoms with E-state index in [0.29, 0.717) is 22.9 Å². The highest BCUT2D eigenvalue weighted by Crippen LogP contribution is 2.27. The molecule has 0 aliphatic carbocycles. The van der Waals surface area contributed by atoms with Crippen LogP contribution in [0.25, 0.3) is 10.2 Å². The number of halogens is 2. The van der Waals surface area contributed by atoms with Gasteiger partial charge in [0, 0.05) is 17.3 Å². The first kappa shape index (κ1) is 17.8. The molecule has 136 valence electrons. The van der Waals surface area contributed by atoms with E-state index in [9.17, 15) is 9.18 Å². The van der Waals surface area contributed by atoms with Crippen molar-refractivity contribution in [2.75, 3.05) is 5.32 Å². The second kappa shape index (κ2) is 7.18. The Morgan fingerprint density at radius 2 is 2.04 bits per heavy atom.